The summed E-state index contributed by atoms with van der Waals surface area (Å²) in [6.07, 6.45) is 1.98. The van der Waals surface area contributed by atoms with Crippen molar-refractivity contribution in [1.29, 1.82) is 0 Å². The summed E-state index contributed by atoms with van der Waals surface area (Å²) in [5.41, 5.74) is 25.7. The van der Waals surface area contributed by atoms with Crippen molar-refractivity contribution >= 4 is 88.3 Å². The molecule has 0 unspecified atom stereocenters. The van der Waals surface area contributed by atoms with Gasteiger partial charge in [0.05, 0.1) is 0 Å². The fourth-order valence-corrected chi connectivity index (χ4v) is 12.5. The number of nitrogens with zero attached hydrogens (tertiary/aromatic N) is 2. The van der Waals surface area contributed by atoms with Gasteiger partial charge in [-0.1, -0.05) is 153 Å². The van der Waals surface area contributed by atoms with Gasteiger partial charge in [0.2, 0.25) is 6.71 Å². The van der Waals surface area contributed by atoms with Crippen molar-refractivity contribution in [3.8, 4) is 22.3 Å². The third-order valence-corrected chi connectivity index (χ3v) is 15.0. The van der Waals surface area contributed by atoms with Crippen LogP contribution < -0.4 is 16.4 Å². The number of fused-ring (bicyclic) bond motifs is 6. The Labute approximate surface area is 370 Å². The van der Waals surface area contributed by atoms with Crippen LogP contribution in [0.25, 0.3) is 87.4 Å². The molecule has 0 spiro atoms. The summed E-state index contributed by atoms with van der Waals surface area (Å²) >= 11 is 0. The monoisotopic (exact) mass is 810 g/mol. The first-order chi connectivity index (χ1) is 30.5. The molecule has 0 bridgehead atoms. The van der Waals surface area contributed by atoms with E-state index in [-0.39, 0.29) is 6.71 Å². The summed E-state index contributed by atoms with van der Waals surface area (Å²) in [7, 11) is 4.39. The van der Waals surface area contributed by atoms with E-state index in [4.69, 9.17) is 0 Å². The molecule has 304 valence electrons. The van der Waals surface area contributed by atoms with Gasteiger partial charge >= 0.3 is 0 Å². The molecule has 12 rings (SSSR count). The SMILES string of the molecule is Cc1cc(C)c(B(c2cc(-c3ccc4c(c3)c3ccccc3n4C)c3ccc4ccc(-c5ccc6c(c5)c5ccccc5n6C)c5c4c3c2CC5)c2c(C)cc(C)cc2C)c(C)c1. The van der Waals surface area contributed by atoms with Gasteiger partial charge in [0.25, 0.3) is 0 Å². The molecule has 3 heteroatoms. The van der Waals surface area contributed by atoms with Gasteiger partial charge < -0.3 is 9.13 Å². The summed E-state index contributed by atoms with van der Waals surface area (Å²) < 4.78 is 4.68. The molecule has 0 amide bonds. The summed E-state index contributed by atoms with van der Waals surface area (Å²) in [4.78, 5) is 0. The third kappa shape index (κ3) is 5.51. The molecule has 2 nitrogen and oxygen atoms in total. The third-order valence-electron chi connectivity index (χ3n) is 15.0. The minimum atomic E-state index is 0.0689. The van der Waals surface area contributed by atoms with Gasteiger partial charge in [0, 0.05) is 57.7 Å². The first kappa shape index (κ1) is 37.9. The van der Waals surface area contributed by atoms with Crippen LogP contribution in [0.5, 0.6) is 0 Å². The van der Waals surface area contributed by atoms with E-state index < -0.39 is 0 Å². The van der Waals surface area contributed by atoms with Gasteiger partial charge in [-0.25, -0.2) is 0 Å². The van der Waals surface area contributed by atoms with Crippen LogP contribution in [0.4, 0.5) is 0 Å². The molecule has 1 aliphatic rings. The maximum atomic E-state index is 2.63. The standard InChI is InChI=1S/C60H51BN2/c1-34-27-36(3)59(37(4)28-34)61(60-38(5)29-35(2)30-39(60)6)52-33-49(42-20-26-56-51(32-42)45-14-10-12-16-54(45)63(56)8)47-22-18-40-17-21-43(46-23-24-48(52)58(47)57(40)46)41-19-25-55-50(31-41)44-13-9-11-15-53(44)62(55)7/h9-22,25-33H,23-24H2,1-8H3. The lowest BCUT2D eigenvalue weighted by atomic mass is 9.33. The number of aromatic nitrogens is 2. The molecule has 0 saturated heterocycles. The van der Waals surface area contributed by atoms with E-state index in [1.54, 1.807) is 0 Å². The zero-order valence-corrected chi connectivity index (χ0v) is 37.7. The largest absolute Gasteiger partial charge is 0.344 e. The van der Waals surface area contributed by atoms with Crippen LogP contribution in [-0.2, 0) is 26.9 Å². The Balaban J connectivity index is 1.21. The summed E-state index contributed by atoms with van der Waals surface area (Å²) in [6, 6.07) is 53.9. The lowest BCUT2D eigenvalue weighted by molar-refractivity contribution is 0.976. The lowest BCUT2D eigenvalue weighted by Crippen LogP contribution is -2.57. The molecule has 2 heterocycles. The highest BCUT2D eigenvalue weighted by Crippen LogP contribution is 2.45. The Hall–Kier alpha value is -6.84. The van der Waals surface area contributed by atoms with Crippen LogP contribution >= 0.6 is 0 Å². The minimum Gasteiger partial charge on any atom is -0.344 e. The molecule has 0 N–H and O–H groups in total. The van der Waals surface area contributed by atoms with Crippen LogP contribution in [0, 0.1) is 41.5 Å². The lowest BCUT2D eigenvalue weighted by Gasteiger charge is -2.30. The summed E-state index contributed by atoms with van der Waals surface area (Å²) in [5, 5.41) is 10.8. The molecule has 0 aliphatic heterocycles. The fourth-order valence-electron chi connectivity index (χ4n) is 12.5. The Morgan fingerprint density at radius 2 is 0.873 bits per heavy atom. The predicted octanol–water partition coefficient (Wildman–Crippen LogP) is 13.1. The summed E-state index contributed by atoms with van der Waals surface area (Å²) in [6.45, 7) is 13.9. The van der Waals surface area contributed by atoms with Crippen molar-refractivity contribution in [3.63, 3.8) is 0 Å². The maximum Gasteiger partial charge on any atom is 0.242 e. The van der Waals surface area contributed by atoms with Crippen molar-refractivity contribution in [1.82, 2.24) is 9.13 Å². The predicted molar refractivity (Wildman–Crippen MR) is 274 cm³/mol. The Morgan fingerprint density at radius 3 is 1.43 bits per heavy atom. The van der Waals surface area contributed by atoms with E-state index >= 15 is 0 Å². The van der Waals surface area contributed by atoms with Crippen molar-refractivity contribution in [2.75, 3.05) is 0 Å². The van der Waals surface area contributed by atoms with Crippen molar-refractivity contribution in [2.24, 2.45) is 14.1 Å². The second kappa shape index (κ2) is 13.8. The Kier molecular flexibility index (Phi) is 8.32. The van der Waals surface area contributed by atoms with E-state index in [2.05, 4.69) is 204 Å². The molecule has 0 radical (unpaired) electrons. The molecule has 0 atom stereocenters. The van der Waals surface area contributed by atoms with Gasteiger partial charge in [-0.05, 0) is 146 Å². The number of hydrogen-bond acceptors (Lipinski definition) is 0. The normalized spacial score (nSPS) is 12.6. The average molecular weight is 811 g/mol. The smallest absolute Gasteiger partial charge is 0.242 e. The van der Waals surface area contributed by atoms with Crippen LogP contribution in [0.1, 0.15) is 44.5 Å². The van der Waals surface area contributed by atoms with E-state index in [1.807, 2.05) is 0 Å². The second-order valence-electron chi connectivity index (χ2n) is 18.8. The molecule has 1 aliphatic carbocycles. The van der Waals surface area contributed by atoms with E-state index in [0.717, 1.165) is 12.8 Å². The Bertz CT molecular complexity index is 3680. The Morgan fingerprint density at radius 1 is 0.397 bits per heavy atom. The van der Waals surface area contributed by atoms with Crippen molar-refractivity contribution in [3.05, 3.63) is 184 Å². The van der Waals surface area contributed by atoms with Gasteiger partial charge in [-0.2, -0.15) is 0 Å². The zero-order valence-electron chi connectivity index (χ0n) is 37.7. The number of hydrogen-bond donors (Lipinski definition) is 0. The van der Waals surface area contributed by atoms with Crippen LogP contribution in [-0.4, -0.2) is 15.8 Å². The highest BCUT2D eigenvalue weighted by atomic mass is 14.9. The molecule has 0 fully saturated rings. The topological polar surface area (TPSA) is 9.86 Å². The minimum absolute atomic E-state index is 0.0689. The van der Waals surface area contributed by atoms with Gasteiger partial charge in [0.1, 0.15) is 0 Å². The first-order valence-corrected chi connectivity index (χ1v) is 22.7. The highest BCUT2D eigenvalue weighted by Gasteiger charge is 2.34. The van der Waals surface area contributed by atoms with Gasteiger partial charge in [-0.3, -0.25) is 0 Å². The first-order valence-electron chi connectivity index (χ1n) is 22.7. The zero-order chi connectivity index (χ0) is 43.0. The molecular formula is C60H51BN2. The van der Waals surface area contributed by atoms with E-state index in [0.29, 0.717) is 0 Å². The van der Waals surface area contributed by atoms with E-state index in [9.17, 15) is 0 Å². The highest BCUT2D eigenvalue weighted by molar-refractivity contribution is 6.97. The van der Waals surface area contributed by atoms with Crippen LogP contribution in [0.3, 0.4) is 0 Å². The van der Waals surface area contributed by atoms with Crippen molar-refractivity contribution < 1.29 is 0 Å². The van der Waals surface area contributed by atoms with Crippen LogP contribution in [0.2, 0.25) is 0 Å². The number of aryl methyl sites for hydroxylation is 10. The quantitative estimate of drug-likeness (QED) is 0.121. The number of benzene rings is 9. The molecular weight excluding hydrogens is 759 g/mol. The fraction of sp³-hybridized carbons (Fsp3) is 0.167. The second-order valence-corrected chi connectivity index (χ2v) is 18.8. The average Bonchev–Trinajstić information content (AvgIpc) is 3.73. The van der Waals surface area contributed by atoms with Crippen molar-refractivity contribution in [2.45, 2.75) is 54.4 Å². The summed E-state index contributed by atoms with van der Waals surface area (Å²) in [5.74, 6) is 0. The molecule has 0 saturated carbocycles. The van der Waals surface area contributed by atoms with Crippen LogP contribution in [0.15, 0.2) is 140 Å². The molecule has 9 aromatic carbocycles. The maximum absolute atomic E-state index is 2.63. The molecule has 63 heavy (non-hydrogen) atoms. The van der Waals surface area contributed by atoms with Gasteiger partial charge in [0.15, 0.2) is 0 Å². The number of para-hydroxylation sites is 2. The van der Waals surface area contributed by atoms with Gasteiger partial charge in [-0.15, -0.1) is 0 Å². The molecule has 2 aromatic heterocycles. The number of rotatable bonds is 5. The van der Waals surface area contributed by atoms with E-state index in [1.165, 1.54) is 148 Å². The molecule has 11 aromatic rings.